The molecule has 0 N–H and O–H groups in total. The predicted molar refractivity (Wildman–Crippen MR) is 97.4 cm³/mol. The van der Waals surface area contributed by atoms with E-state index in [-0.39, 0.29) is 0 Å². The van der Waals surface area contributed by atoms with E-state index >= 15 is 0 Å². The van der Waals surface area contributed by atoms with E-state index in [1.807, 2.05) is 16.8 Å². The topological polar surface area (TPSA) is 46.3 Å². The van der Waals surface area contributed by atoms with Crippen molar-refractivity contribution in [3.8, 4) is 11.1 Å². The van der Waals surface area contributed by atoms with Gasteiger partial charge < -0.3 is 4.90 Å². The molecule has 0 spiro atoms. The summed E-state index contributed by atoms with van der Waals surface area (Å²) in [6.07, 6.45) is 11.0. The Morgan fingerprint density at radius 1 is 1.08 bits per heavy atom. The fourth-order valence-corrected chi connectivity index (χ4v) is 3.88. The number of hydrogen-bond donors (Lipinski definition) is 0. The number of nitrogens with zero attached hydrogens (tertiary/aromatic N) is 5. The molecule has 0 bridgehead atoms. The van der Waals surface area contributed by atoms with Gasteiger partial charge in [0.05, 0.1) is 0 Å². The van der Waals surface area contributed by atoms with Gasteiger partial charge >= 0.3 is 0 Å². The van der Waals surface area contributed by atoms with Crippen molar-refractivity contribution in [2.75, 3.05) is 19.6 Å². The van der Waals surface area contributed by atoms with Gasteiger partial charge in [0, 0.05) is 48.7 Å². The maximum absolute atomic E-state index is 4.81. The molecule has 0 aromatic carbocycles. The minimum Gasteiger partial charge on any atom is -0.302 e. The number of rotatable bonds is 4. The molecule has 5 heteroatoms. The molecule has 0 amide bonds. The largest absolute Gasteiger partial charge is 0.302 e. The molecule has 4 heterocycles. The van der Waals surface area contributed by atoms with Crippen molar-refractivity contribution in [2.24, 2.45) is 5.92 Å². The van der Waals surface area contributed by atoms with Crippen molar-refractivity contribution in [1.82, 2.24) is 24.5 Å². The van der Waals surface area contributed by atoms with Crippen LogP contribution in [-0.2, 0) is 0 Å². The van der Waals surface area contributed by atoms with Crippen LogP contribution in [0.4, 0.5) is 0 Å². The molecule has 1 aliphatic carbocycles. The predicted octanol–water partition coefficient (Wildman–Crippen LogP) is 3.38. The van der Waals surface area contributed by atoms with Crippen LogP contribution in [0.1, 0.15) is 37.4 Å². The highest BCUT2D eigenvalue weighted by Gasteiger charge is 2.29. The zero-order chi connectivity index (χ0) is 16.6. The van der Waals surface area contributed by atoms with Gasteiger partial charge in [-0.05, 0) is 56.3 Å². The van der Waals surface area contributed by atoms with Crippen LogP contribution in [0, 0.1) is 5.92 Å². The van der Waals surface area contributed by atoms with Gasteiger partial charge in [0.15, 0.2) is 11.5 Å². The Labute approximate surface area is 147 Å². The van der Waals surface area contributed by atoms with Gasteiger partial charge in [0.25, 0.3) is 0 Å². The van der Waals surface area contributed by atoms with Crippen molar-refractivity contribution < 1.29 is 0 Å². The Morgan fingerprint density at radius 2 is 2.04 bits per heavy atom. The highest BCUT2D eigenvalue weighted by Crippen LogP contribution is 2.32. The second kappa shape index (κ2) is 6.23. The molecule has 1 saturated heterocycles. The Morgan fingerprint density at radius 3 is 2.88 bits per heavy atom. The molecule has 3 aromatic heterocycles. The van der Waals surface area contributed by atoms with Crippen LogP contribution in [0.3, 0.4) is 0 Å². The third-order valence-electron chi connectivity index (χ3n) is 5.43. The number of fused-ring (bicyclic) bond motifs is 1. The van der Waals surface area contributed by atoms with E-state index in [1.165, 1.54) is 38.8 Å². The fraction of sp³-hybridized carbons (Fsp3) is 0.450. The SMILES string of the molecule is c1cncc(-c2ccc3nc(C4CCCN(CC5CC5)C4)nn3c2)c1. The van der Waals surface area contributed by atoms with Crippen LogP contribution in [-0.4, -0.2) is 44.1 Å². The normalized spacial score (nSPS) is 21.7. The summed E-state index contributed by atoms with van der Waals surface area (Å²) in [5.74, 6) is 2.42. The Kier molecular flexibility index (Phi) is 3.74. The maximum Gasteiger partial charge on any atom is 0.156 e. The summed E-state index contributed by atoms with van der Waals surface area (Å²) >= 11 is 0. The van der Waals surface area contributed by atoms with Crippen LogP contribution in [0.15, 0.2) is 42.9 Å². The number of pyridine rings is 2. The van der Waals surface area contributed by atoms with Crippen LogP contribution < -0.4 is 0 Å². The number of hydrogen-bond acceptors (Lipinski definition) is 4. The van der Waals surface area contributed by atoms with Gasteiger partial charge in [0.1, 0.15) is 0 Å². The second-order valence-electron chi connectivity index (χ2n) is 7.47. The van der Waals surface area contributed by atoms with Gasteiger partial charge in [0.2, 0.25) is 0 Å². The van der Waals surface area contributed by atoms with Crippen LogP contribution in [0.5, 0.6) is 0 Å². The first-order valence-corrected chi connectivity index (χ1v) is 9.34. The molecule has 2 aliphatic rings. The summed E-state index contributed by atoms with van der Waals surface area (Å²) in [5.41, 5.74) is 3.16. The quantitative estimate of drug-likeness (QED) is 0.734. The van der Waals surface area contributed by atoms with Gasteiger partial charge in [-0.2, -0.15) is 5.10 Å². The molecule has 25 heavy (non-hydrogen) atoms. The molecular weight excluding hydrogens is 310 g/mol. The number of aromatic nitrogens is 4. The van der Waals surface area contributed by atoms with Gasteiger partial charge in [-0.15, -0.1) is 0 Å². The third-order valence-corrected chi connectivity index (χ3v) is 5.43. The standard InChI is InChI=1S/C20H23N5/c1-3-16(11-21-9-1)17-7-8-19-22-20(23-25(19)14-17)18-4-2-10-24(13-18)12-15-5-6-15/h1,3,7-9,11,14-15,18H,2,4-6,10,12-13H2. The smallest absolute Gasteiger partial charge is 0.156 e. The van der Waals surface area contributed by atoms with E-state index < -0.39 is 0 Å². The summed E-state index contributed by atoms with van der Waals surface area (Å²) < 4.78 is 1.93. The maximum atomic E-state index is 4.81. The average molecular weight is 333 g/mol. The van der Waals surface area contributed by atoms with Crippen molar-refractivity contribution in [2.45, 2.75) is 31.6 Å². The minimum atomic E-state index is 0.467. The van der Waals surface area contributed by atoms with E-state index in [9.17, 15) is 0 Å². The first-order chi connectivity index (χ1) is 12.3. The first kappa shape index (κ1) is 15.0. The lowest BCUT2D eigenvalue weighted by atomic mass is 9.97. The summed E-state index contributed by atoms with van der Waals surface area (Å²) in [7, 11) is 0. The van der Waals surface area contributed by atoms with Gasteiger partial charge in [-0.3, -0.25) is 4.98 Å². The summed E-state index contributed by atoms with van der Waals surface area (Å²) in [4.78, 5) is 11.6. The van der Waals surface area contributed by atoms with Crippen LogP contribution in [0.25, 0.3) is 16.8 Å². The lowest BCUT2D eigenvalue weighted by Gasteiger charge is -2.31. The highest BCUT2D eigenvalue weighted by atomic mass is 15.3. The third kappa shape index (κ3) is 3.16. The van der Waals surface area contributed by atoms with Crippen molar-refractivity contribution in [3.63, 3.8) is 0 Å². The van der Waals surface area contributed by atoms with E-state index in [4.69, 9.17) is 10.1 Å². The summed E-state index contributed by atoms with van der Waals surface area (Å²) in [5, 5.41) is 4.81. The van der Waals surface area contributed by atoms with Crippen molar-refractivity contribution in [1.29, 1.82) is 0 Å². The van der Waals surface area contributed by atoms with Crippen LogP contribution in [0.2, 0.25) is 0 Å². The molecule has 0 radical (unpaired) electrons. The lowest BCUT2D eigenvalue weighted by molar-refractivity contribution is 0.197. The van der Waals surface area contributed by atoms with E-state index in [1.54, 1.807) is 6.20 Å². The van der Waals surface area contributed by atoms with Crippen LogP contribution >= 0.6 is 0 Å². The summed E-state index contributed by atoms with van der Waals surface area (Å²) in [6.45, 7) is 3.63. The molecule has 2 fully saturated rings. The molecule has 1 aliphatic heterocycles. The highest BCUT2D eigenvalue weighted by molar-refractivity contribution is 5.63. The van der Waals surface area contributed by atoms with E-state index in [2.05, 4.69) is 34.3 Å². The second-order valence-corrected chi connectivity index (χ2v) is 7.47. The Hall–Kier alpha value is -2.27. The molecule has 3 aromatic rings. The zero-order valence-corrected chi connectivity index (χ0v) is 14.4. The van der Waals surface area contributed by atoms with E-state index in [0.717, 1.165) is 35.1 Å². The Bertz CT molecular complexity index is 868. The van der Waals surface area contributed by atoms with E-state index in [0.29, 0.717) is 5.92 Å². The fourth-order valence-electron chi connectivity index (χ4n) is 3.88. The molecule has 1 atom stereocenters. The summed E-state index contributed by atoms with van der Waals surface area (Å²) in [6, 6.07) is 8.19. The average Bonchev–Trinajstić information content (AvgIpc) is 3.37. The number of likely N-dealkylation sites (tertiary alicyclic amines) is 1. The van der Waals surface area contributed by atoms with Gasteiger partial charge in [-0.1, -0.05) is 6.07 Å². The first-order valence-electron chi connectivity index (χ1n) is 9.34. The molecule has 1 saturated carbocycles. The lowest BCUT2D eigenvalue weighted by Crippen LogP contribution is -2.36. The Balaban J connectivity index is 1.40. The zero-order valence-electron chi connectivity index (χ0n) is 14.4. The molecule has 128 valence electrons. The van der Waals surface area contributed by atoms with Crippen molar-refractivity contribution in [3.05, 3.63) is 48.7 Å². The molecular formula is C20H23N5. The molecule has 5 nitrogen and oxygen atoms in total. The molecule has 1 unspecified atom stereocenters. The monoisotopic (exact) mass is 333 g/mol. The van der Waals surface area contributed by atoms with Gasteiger partial charge in [-0.25, -0.2) is 9.50 Å². The molecule has 5 rings (SSSR count). The number of piperidine rings is 1. The van der Waals surface area contributed by atoms with Crippen molar-refractivity contribution >= 4 is 5.65 Å². The minimum absolute atomic E-state index is 0.467.